The number of hydrogen-bond acceptors (Lipinski definition) is 4. The van der Waals surface area contributed by atoms with Gasteiger partial charge in [-0.3, -0.25) is 4.79 Å². The summed E-state index contributed by atoms with van der Waals surface area (Å²) in [6.07, 6.45) is 2.49. The van der Waals surface area contributed by atoms with Gasteiger partial charge in [-0.05, 0) is 31.6 Å². The van der Waals surface area contributed by atoms with Gasteiger partial charge in [-0.25, -0.2) is 9.78 Å². The highest BCUT2D eigenvalue weighted by Gasteiger charge is 2.43. The van der Waals surface area contributed by atoms with Gasteiger partial charge in [0.15, 0.2) is 5.15 Å². The van der Waals surface area contributed by atoms with Gasteiger partial charge < -0.3 is 10.4 Å². The third kappa shape index (κ3) is 2.90. The number of nitrogens with one attached hydrogen (secondary N) is 1. The summed E-state index contributed by atoms with van der Waals surface area (Å²) < 4.78 is 0. The summed E-state index contributed by atoms with van der Waals surface area (Å²) in [5.41, 5.74) is 0.296. The molecule has 0 aliphatic heterocycles. The first-order valence-electron chi connectivity index (χ1n) is 6.09. The number of aliphatic carboxylic acids is 1. The highest BCUT2D eigenvalue weighted by molar-refractivity contribution is 7.12. The van der Waals surface area contributed by atoms with Crippen molar-refractivity contribution in [2.75, 3.05) is 0 Å². The second-order valence-corrected chi connectivity index (χ2v) is 6.21. The van der Waals surface area contributed by atoms with Crippen molar-refractivity contribution in [3.8, 4) is 0 Å². The minimum Gasteiger partial charge on any atom is -0.480 e. The number of carbonyl (C=O) groups is 2. The largest absolute Gasteiger partial charge is 0.480 e. The molecular weight excluding hydrogens is 288 g/mol. The van der Waals surface area contributed by atoms with E-state index in [4.69, 9.17) is 11.6 Å². The van der Waals surface area contributed by atoms with E-state index in [2.05, 4.69) is 17.2 Å². The van der Waals surface area contributed by atoms with Gasteiger partial charge in [-0.1, -0.05) is 18.5 Å². The van der Waals surface area contributed by atoms with Crippen LogP contribution in [-0.4, -0.2) is 27.5 Å². The number of carboxylic acids is 1. The fraction of sp³-hybridized carbons (Fsp3) is 0.583. The third-order valence-corrected chi connectivity index (χ3v) is 4.84. The first kappa shape index (κ1) is 14.3. The summed E-state index contributed by atoms with van der Waals surface area (Å²) in [4.78, 5) is 27.7. The molecule has 1 heterocycles. The van der Waals surface area contributed by atoms with Crippen LogP contribution >= 0.6 is 22.9 Å². The molecule has 1 aromatic rings. The van der Waals surface area contributed by atoms with Crippen LogP contribution in [0.4, 0.5) is 0 Å². The lowest BCUT2D eigenvalue weighted by molar-refractivity contribution is -0.146. The van der Waals surface area contributed by atoms with Gasteiger partial charge in [0, 0.05) is 0 Å². The molecule has 1 fully saturated rings. The predicted octanol–water partition coefficient (Wildman–Crippen LogP) is 2.56. The Labute approximate surface area is 120 Å². The molecule has 0 unspecified atom stereocenters. The summed E-state index contributed by atoms with van der Waals surface area (Å²) in [5.74, 6) is -0.936. The Bertz CT molecular complexity index is 495. The van der Waals surface area contributed by atoms with Gasteiger partial charge in [-0.2, -0.15) is 0 Å². The highest BCUT2D eigenvalue weighted by Crippen LogP contribution is 2.33. The van der Waals surface area contributed by atoms with E-state index in [9.17, 15) is 14.7 Å². The molecule has 0 atom stereocenters. The molecule has 1 aromatic heterocycles. The second-order valence-electron chi connectivity index (χ2n) is 5.00. The number of carboxylic acid groups (broad SMARTS) is 1. The first-order valence-corrected chi connectivity index (χ1v) is 7.35. The number of halogens is 1. The van der Waals surface area contributed by atoms with Crippen molar-refractivity contribution in [1.29, 1.82) is 0 Å². The summed E-state index contributed by atoms with van der Waals surface area (Å²) in [7, 11) is 0. The minimum atomic E-state index is -1.17. The van der Waals surface area contributed by atoms with E-state index in [1.807, 2.05) is 0 Å². The van der Waals surface area contributed by atoms with Gasteiger partial charge in [0.2, 0.25) is 0 Å². The van der Waals surface area contributed by atoms with Crippen LogP contribution in [0.2, 0.25) is 5.15 Å². The van der Waals surface area contributed by atoms with Crippen LogP contribution in [0.25, 0.3) is 0 Å². The fourth-order valence-electron chi connectivity index (χ4n) is 2.30. The van der Waals surface area contributed by atoms with Crippen molar-refractivity contribution in [1.82, 2.24) is 10.3 Å². The van der Waals surface area contributed by atoms with E-state index in [-0.39, 0.29) is 10.0 Å². The number of rotatable bonds is 3. The molecule has 0 spiro atoms. The Morgan fingerprint density at radius 2 is 2.16 bits per heavy atom. The van der Waals surface area contributed by atoms with Crippen molar-refractivity contribution in [3.05, 3.63) is 15.5 Å². The summed E-state index contributed by atoms with van der Waals surface area (Å²) >= 11 is 6.90. The SMILES string of the molecule is CC1CCC(NC(=O)c2scnc2Cl)(C(=O)O)CC1. The van der Waals surface area contributed by atoms with E-state index >= 15 is 0 Å². The van der Waals surface area contributed by atoms with Gasteiger partial charge >= 0.3 is 5.97 Å². The number of thiazole rings is 1. The Morgan fingerprint density at radius 1 is 1.53 bits per heavy atom. The van der Waals surface area contributed by atoms with Crippen LogP contribution in [0, 0.1) is 5.92 Å². The zero-order chi connectivity index (χ0) is 14.0. The summed E-state index contributed by atoms with van der Waals surface area (Å²) in [6.45, 7) is 2.09. The van der Waals surface area contributed by atoms with Crippen molar-refractivity contribution in [2.45, 2.75) is 38.1 Å². The normalized spacial score (nSPS) is 26.9. The minimum absolute atomic E-state index is 0.118. The number of hydrogen-bond donors (Lipinski definition) is 2. The molecule has 104 valence electrons. The summed E-state index contributed by atoms with van der Waals surface area (Å²) in [6, 6.07) is 0. The summed E-state index contributed by atoms with van der Waals surface area (Å²) in [5, 5.41) is 12.2. The van der Waals surface area contributed by atoms with Crippen LogP contribution in [-0.2, 0) is 4.79 Å². The molecule has 2 N–H and O–H groups in total. The van der Waals surface area contributed by atoms with Crippen LogP contribution in [0.15, 0.2) is 5.51 Å². The maximum absolute atomic E-state index is 12.1. The topological polar surface area (TPSA) is 79.3 Å². The molecular formula is C12H15ClN2O3S. The molecule has 0 aromatic carbocycles. The zero-order valence-corrected chi connectivity index (χ0v) is 12.1. The highest BCUT2D eigenvalue weighted by atomic mass is 35.5. The smallest absolute Gasteiger partial charge is 0.329 e. The van der Waals surface area contributed by atoms with Gasteiger partial charge in [0.1, 0.15) is 10.4 Å². The fourth-order valence-corrected chi connectivity index (χ4v) is 3.20. The molecule has 0 saturated heterocycles. The Kier molecular flexibility index (Phi) is 4.10. The van der Waals surface area contributed by atoms with Crippen LogP contribution in [0.5, 0.6) is 0 Å². The third-order valence-electron chi connectivity index (χ3n) is 3.62. The maximum Gasteiger partial charge on any atom is 0.329 e. The molecule has 0 radical (unpaired) electrons. The first-order chi connectivity index (χ1) is 8.94. The molecule has 0 bridgehead atoms. The van der Waals surface area contributed by atoms with Crippen molar-refractivity contribution >= 4 is 34.8 Å². The van der Waals surface area contributed by atoms with Gasteiger partial charge in [-0.15, -0.1) is 11.3 Å². The predicted molar refractivity (Wildman–Crippen MR) is 72.6 cm³/mol. The standard InChI is InChI=1S/C12H15ClN2O3S/c1-7-2-4-12(5-3-7,11(17)18)15-10(16)8-9(13)14-6-19-8/h6-7H,2-5H2,1H3,(H,15,16)(H,17,18). The average Bonchev–Trinajstić information content (AvgIpc) is 2.78. The van der Waals surface area contributed by atoms with Crippen molar-refractivity contribution < 1.29 is 14.7 Å². The molecule has 1 aliphatic carbocycles. The number of nitrogens with zero attached hydrogens (tertiary/aromatic N) is 1. The Balaban J connectivity index is 2.16. The molecule has 1 amide bonds. The maximum atomic E-state index is 12.1. The van der Waals surface area contributed by atoms with E-state index < -0.39 is 17.4 Å². The molecule has 1 aliphatic rings. The average molecular weight is 303 g/mol. The molecule has 5 nitrogen and oxygen atoms in total. The number of aromatic nitrogens is 1. The van der Waals surface area contributed by atoms with Gasteiger partial charge in [0.25, 0.3) is 5.91 Å². The van der Waals surface area contributed by atoms with E-state index in [0.717, 1.165) is 24.2 Å². The van der Waals surface area contributed by atoms with E-state index in [0.29, 0.717) is 18.8 Å². The monoisotopic (exact) mass is 302 g/mol. The Hall–Kier alpha value is -1.14. The lowest BCUT2D eigenvalue weighted by Crippen LogP contribution is -2.56. The van der Waals surface area contributed by atoms with Crippen LogP contribution in [0.1, 0.15) is 42.3 Å². The molecule has 2 rings (SSSR count). The van der Waals surface area contributed by atoms with E-state index in [1.165, 1.54) is 5.51 Å². The molecule has 7 heteroatoms. The lowest BCUT2D eigenvalue weighted by atomic mass is 9.77. The van der Waals surface area contributed by atoms with Crippen molar-refractivity contribution in [3.63, 3.8) is 0 Å². The zero-order valence-electron chi connectivity index (χ0n) is 10.5. The molecule has 19 heavy (non-hydrogen) atoms. The quantitative estimate of drug-likeness (QED) is 0.899. The Morgan fingerprint density at radius 3 is 2.63 bits per heavy atom. The van der Waals surface area contributed by atoms with Crippen molar-refractivity contribution in [2.24, 2.45) is 5.92 Å². The number of amides is 1. The van der Waals surface area contributed by atoms with E-state index in [1.54, 1.807) is 0 Å². The second kappa shape index (κ2) is 5.46. The molecule has 1 saturated carbocycles. The number of carbonyl (C=O) groups excluding carboxylic acids is 1. The van der Waals surface area contributed by atoms with Crippen LogP contribution in [0.3, 0.4) is 0 Å². The lowest BCUT2D eigenvalue weighted by Gasteiger charge is -2.36. The van der Waals surface area contributed by atoms with Gasteiger partial charge in [0.05, 0.1) is 5.51 Å². The van der Waals surface area contributed by atoms with Crippen LogP contribution < -0.4 is 5.32 Å².